The number of alkyl halides is 3. The molecule has 8 aromatic rings. The zero-order valence-electron chi connectivity index (χ0n) is 26.7. The zero-order valence-corrected chi connectivity index (χ0v) is 26.7. The van der Waals surface area contributed by atoms with Crippen molar-refractivity contribution in [3.8, 4) is 52.8 Å². The molecule has 0 amide bonds. The smallest absolute Gasteiger partial charge is 0.308 e. The molecule has 2 heterocycles. The first-order valence-electron chi connectivity index (χ1n) is 15.7. The van der Waals surface area contributed by atoms with Crippen molar-refractivity contribution in [2.45, 2.75) is 6.18 Å². The molecule has 0 bridgehead atoms. The third-order valence-corrected chi connectivity index (χ3v) is 9.24. The van der Waals surface area contributed by atoms with Gasteiger partial charge >= 0.3 is 6.18 Å². The molecule has 0 fully saturated rings. The van der Waals surface area contributed by atoms with Crippen LogP contribution in [0, 0.1) is 56.7 Å². The highest BCUT2D eigenvalue weighted by Gasteiger charge is 2.39. The van der Waals surface area contributed by atoms with Gasteiger partial charge in [0.1, 0.15) is 5.56 Å². The molecule has 2 aromatic heterocycles. The van der Waals surface area contributed by atoms with Crippen molar-refractivity contribution >= 4 is 43.6 Å². The summed E-state index contributed by atoms with van der Waals surface area (Å²) in [6.45, 7) is 0. The van der Waals surface area contributed by atoms with Crippen molar-refractivity contribution in [3.63, 3.8) is 0 Å². The molecule has 6 aromatic carbocycles. The standard InChI is InChI=1S/C42H18F3N7/c43-42(44,45)41-39(51-35-13-25(20-47)4-8-31(35)32-9-5-26(21-48)14-36(32)51)17-30(29-3-1-2-24(12-29)19-46)18-40(41)52-37-15-27(22-49)6-10-33(37)34-11-7-28(23-50)16-38(34)52/h1-18H. The monoisotopic (exact) mass is 677 g/mol. The minimum absolute atomic E-state index is 0.221. The van der Waals surface area contributed by atoms with Crippen LogP contribution in [0.3, 0.4) is 0 Å². The second-order valence-corrected chi connectivity index (χ2v) is 12.1. The van der Waals surface area contributed by atoms with Gasteiger partial charge in [-0.3, -0.25) is 0 Å². The van der Waals surface area contributed by atoms with Crippen LogP contribution in [0.4, 0.5) is 13.2 Å². The predicted octanol–water partition coefficient (Wildman–Crippen LogP) is 9.92. The average molecular weight is 678 g/mol. The van der Waals surface area contributed by atoms with E-state index in [0.29, 0.717) is 60.3 Å². The molecule has 0 spiro atoms. The highest BCUT2D eigenvalue weighted by atomic mass is 19.4. The fraction of sp³-hybridized carbons (Fsp3) is 0.0238. The SMILES string of the molecule is N#Cc1cccc(-c2cc(-n3c4cc(C#N)ccc4c4ccc(C#N)cc43)c(C(F)(F)F)c(-n3c4cc(C#N)ccc4c4ccc(C#N)cc43)c2)c1. The van der Waals surface area contributed by atoms with E-state index in [1.807, 2.05) is 0 Å². The van der Waals surface area contributed by atoms with Crippen LogP contribution in [0.25, 0.3) is 66.1 Å². The van der Waals surface area contributed by atoms with Gasteiger partial charge in [0.25, 0.3) is 0 Å². The predicted molar refractivity (Wildman–Crippen MR) is 189 cm³/mol. The second-order valence-electron chi connectivity index (χ2n) is 12.1. The summed E-state index contributed by atoms with van der Waals surface area (Å²) in [5.74, 6) is 0. The quantitative estimate of drug-likeness (QED) is 0.184. The third-order valence-electron chi connectivity index (χ3n) is 9.24. The van der Waals surface area contributed by atoms with Gasteiger partial charge in [-0.1, -0.05) is 36.4 Å². The van der Waals surface area contributed by atoms with Gasteiger partial charge in [0.2, 0.25) is 0 Å². The van der Waals surface area contributed by atoms with Gasteiger partial charge < -0.3 is 9.13 Å². The summed E-state index contributed by atoms with van der Waals surface area (Å²) in [5.41, 5.74) is 1.58. The lowest BCUT2D eigenvalue weighted by Gasteiger charge is -2.23. The molecule has 242 valence electrons. The number of nitrogens with zero attached hydrogens (tertiary/aromatic N) is 7. The number of fused-ring (bicyclic) bond motifs is 6. The van der Waals surface area contributed by atoms with Gasteiger partial charge in [-0.25, -0.2) is 0 Å². The van der Waals surface area contributed by atoms with Crippen molar-refractivity contribution < 1.29 is 13.2 Å². The van der Waals surface area contributed by atoms with E-state index >= 15 is 13.2 Å². The third kappa shape index (κ3) is 4.79. The maximum Gasteiger partial charge on any atom is 0.420 e. The van der Waals surface area contributed by atoms with Crippen LogP contribution in [0.2, 0.25) is 0 Å². The van der Waals surface area contributed by atoms with Crippen LogP contribution in [-0.4, -0.2) is 9.13 Å². The van der Waals surface area contributed by atoms with Crippen molar-refractivity contribution in [1.29, 1.82) is 26.3 Å². The van der Waals surface area contributed by atoms with Crippen molar-refractivity contribution in [1.82, 2.24) is 9.13 Å². The summed E-state index contributed by atoms with van der Waals surface area (Å²) in [4.78, 5) is 0. The number of hydrogen-bond acceptors (Lipinski definition) is 5. The van der Waals surface area contributed by atoms with Crippen molar-refractivity contribution in [2.75, 3.05) is 0 Å². The van der Waals surface area contributed by atoms with Gasteiger partial charge in [-0.05, 0) is 83.9 Å². The van der Waals surface area contributed by atoms with Crippen LogP contribution >= 0.6 is 0 Å². The molecular formula is C42H18F3N7. The largest absolute Gasteiger partial charge is 0.420 e. The van der Waals surface area contributed by atoms with E-state index in [1.165, 1.54) is 45.5 Å². The summed E-state index contributed by atoms with van der Waals surface area (Å²) in [7, 11) is 0. The Labute approximate surface area is 293 Å². The van der Waals surface area contributed by atoms with E-state index in [0.717, 1.165) is 0 Å². The summed E-state index contributed by atoms with van der Waals surface area (Å²) in [6.07, 6.45) is -5.00. The zero-order chi connectivity index (χ0) is 36.3. The first-order chi connectivity index (χ1) is 25.2. The average Bonchev–Trinajstić information content (AvgIpc) is 3.67. The summed E-state index contributed by atoms with van der Waals surface area (Å²) < 4.78 is 51.0. The van der Waals surface area contributed by atoms with Crippen LogP contribution in [-0.2, 0) is 6.18 Å². The highest BCUT2D eigenvalue weighted by Crippen LogP contribution is 2.46. The van der Waals surface area contributed by atoms with Gasteiger partial charge in [-0.15, -0.1) is 0 Å². The topological polar surface area (TPSA) is 129 Å². The van der Waals surface area contributed by atoms with Crippen molar-refractivity contribution in [2.24, 2.45) is 0 Å². The minimum Gasteiger partial charge on any atom is -0.308 e. The fourth-order valence-electron chi connectivity index (χ4n) is 7.02. The lowest BCUT2D eigenvalue weighted by atomic mass is 9.98. The van der Waals surface area contributed by atoms with Crippen LogP contribution < -0.4 is 0 Å². The molecule has 0 saturated heterocycles. The number of nitriles is 5. The van der Waals surface area contributed by atoms with E-state index in [4.69, 9.17) is 0 Å². The second kappa shape index (κ2) is 11.6. The number of benzene rings is 6. The number of halogens is 3. The summed E-state index contributed by atoms with van der Waals surface area (Å²) in [6, 6.07) is 38.8. The molecule has 52 heavy (non-hydrogen) atoms. The normalized spacial score (nSPS) is 11.3. The molecule has 10 heteroatoms. The van der Waals surface area contributed by atoms with Crippen LogP contribution in [0.5, 0.6) is 0 Å². The first kappa shape index (κ1) is 31.4. The molecular weight excluding hydrogens is 660 g/mol. The van der Waals surface area contributed by atoms with Crippen LogP contribution in [0.1, 0.15) is 33.4 Å². The Morgan fingerprint density at radius 3 is 1.08 bits per heavy atom. The van der Waals surface area contributed by atoms with Gasteiger partial charge in [0.15, 0.2) is 0 Å². The maximum absolute atomic E-state index is 16.0. The molecule has 7 nitrogen and oxygen atoms in total. The molecule has 0 saturated carbocycles. The van der Waals surface area contributed by atoms with E-state index in [2.05, 4.69) is 30.3 Å². The number of rotatable bonds is 3. The molecule has 0 atom stereocenters. The Morgan fingerprint density at radius 1 is 0.404 bits per heavy atom. The Bertz CT molecular complexity index is 2760. The van der Waals surface area contributed by atoms with Crippen LogP contribution in [0.15, 0.2) is 109 Å². The molecule has 8 rings (SSSR count). The number of aromatic nitrogens is 2. The van der Waals surface area contributed by atoms with E-state index in [9.17, 15) is 26.3 Å². The summed E-state index contributed by atoms with van der Waals surface area (Å²) >= 11 is 0. The maximum atomic E-state index is 16.0. The van der Waals surface area contributed by atoms with E-state index < -0.39 is 11.7 Å². The number of hydrogen-bond donors (Lipinski definition) is 0. The van der Waals surface area contributed by atoms with E-state index in [1.54, 1.807) is 72.8 Å². The van der Waals surface area contributed by atoms with E-state index in [-0.39, 0.29) is 33.6 Å². The van der Waals surface area contributed by atoms with Gasteiger partial charge in [-0.2, -0.15) is 39.5 Å². The Balaban J connectivity index is 1.65. The Morgan fingerprint density at radius 2 is 0.750 bits per heavy atom. The lowest BCUT2D eigenvalue weighted by molar-refractivity contribution is -0.137. The Hall–Kier alpha value is -7.84. The minimum atomic E-state index is -5.00. The first-order valence-corrected chi connectivity index (χ1v) is 15.7. The van der Waals surface area contributed by atoms with Gasteiger partial charge in [0.05, 0.1) is 91.6 Å². The molecule has 0 aliphatic rings. The fourth-order valence-corrected chi connectivity index (χ4v) is 7.02. The molecule has 0 unspecified atom stereocenters. The molecule has 0 N–H and O–H groups in total. The van der Waals surface area contributed by atoms with Crippen molar-refractivity contribution in [3.05, 3.63) is 143 Å². The Kier molecular flexibility index (Phi) is 7.04. The molecule has 0 aliphatic heterocycles. The lowest BCUT2D eigenvalue weighted by Crippen LogP contribution is -2.16. The molecule has 0 aliphatic carbocycles. The highest BCUT2D eigenvalue weighted by molar-refractivity contribution is 6.12. The van der Waals surface area contributed by atoms with Gasteiger partial charge in [0, 0.05) is 21.5 Å². The summed E-state index contributed by atoms with van der Waals surface area (Å²) in [5, 5.41) is 51.4. The molecule has 0 radical (unpaired) electrons.